The van der Waals surface area contributed by atoms with E-state index in [1.54, 1.807) is 10.4 Å². The molecule has 4 heteroatoms. The summed E-state index contributed by atoms with van der Waals surface area (Å²) in [4.78, 5) is 15.4. The quantitative estimate of drug-likeness (QED) is 0.656. The first-order chi connectivity index (χ1) is 12.9. The maximum atomic E-state index is 5.10. The van der Waals surface area contributed by atoms with Crippen LogP contribution in [-0.2, 0) is 25.7 Å². The second-order valence-electron chi connectivity index (χ2n) is 7.53. The largest absolute Gasteiger partial charge is 0.356 e. The van der Waals surface area contributed by atoms with E-state index in [4.69, 9.17) is 9.97 Å². The van der Waals surface area contributed by atoms with E-state index in [1.807, 2.05) is 11.3 Å². The minimum atomic E-state index is 0.920. The number of hydrogen-bond donors (Lipinski definition) is 0. The third kappa shape index (κ3) is 3.01. The summed E-state index contributed by atoms with van der Waals surface area (Å²) < 4.78 is 0. The van der Waals surface area contributed by atoms with Crippen molar-refractivity contribution in [2.24, 2.45) is 0 Å². The molecule has 1 aromatic carbocycles. The van der Waals surface area contributed by atoms with Crippen molar-refractivity contribution >= 4 is 27.4 Å². The monoisotopic (exact) mass is 363 g/mol. The number of aryl methyl sites for hydroxylation is 4. The zero-order chi connectivity index (χ0) is 17.3. The lowest BCUT2D eigenvalue weighted by atomic mass is 9.97. The number of nitrogens with zero attached hydrogens (tertiary/aromatic N) is 3. The summed E-state index contributed by atoms with van der Waals surface area (Å²) in [5, 5.41) is 1.38. The topological polar surface area (TPSA) is 29.0 Å². The van der Waals surface area contributed by atoms with Gasteiger partial charge in [-0.25, -0.2) is 9.97 Å². The first kappa shape index (κ1) is 16.2. The Hall–Kier alpha value is -1.94. The van der Waals surface area contributed by atoms with E-state index in [-0.39, 0.29) is 0 Å². The summed E-state index contributed by atoms with van der Waals surface area (Å²) in [6, 6.07) is 10.7. The van der Waals surface area contributed by atoms with Crippen LogP contribution >= 0.6 is 11.3 Å². The summed E-state index contributed by atoms with van der Waals surface area (Å²) in [6.07, 6.45) is 9.59. The van der Waals surface area contributed by atoms with Crippen molar-refractivity contribution in [3.63, 3.8) is 0 Å². The van der Waals surface area contributed by atoms with Crippen LogP contribution in [0.25, 0.3) is 10.2 Å². The molecule has 2 aliphatic rings. The summed E-state index contributed by atoms with van der Waals surface area (Å²) in [6.45, 7) is 2.30. The van der Waals surface area contributed by atoms with Gasteiger partial charge in [0.2, 0.25) is 0 Å². The summed E-state index contributed by atoms with van der Waals surface area (Å²) in [7, 11) is 0. The number of hydrogen-bond acceptors (Lipinski definition) is 4. The van der Waals surface area contributed by atoms with Crippen molar-refractivity contribution < 1.29 is 0 Å². The smallest absolute Gasteiger partial charge is 0.141 e. The molecule has 3 nitrogen and oxygen atoms in total. The SMILES string of the molecule is c1ccc(CCc2nc(N3CCCC3)c3c4c(sc3n2)CCCC4)cc1. The van der Waals surface area contributed by atoms with Gasteiger partial charge in [-0.2, -0.15) is 0 Å². The Bertz CT molecular complexity index is 910. The molecule has 26 heavy (non-hydrogen) atoms. The van der Waals surface area contributed by atoms with Gasteiger partial charge in [0.05, 0.1) is 5.39 Å². The molecule has 134 valence electrons. The zero-order valence-electron chi connectivity index (χ0n) is 15.2. The van der Waals surface area contributed by atoms with Crippen LogP contribution in [0.4, 0.5) is 5.82 Å². The minimum absolute atomic E-state index is 0.920. The fourth-order valence-electron chi connectivity index (χ4n) is 4.35. The van der Waals surface area contributed by atoms with E-state index in [2.05, 4.69) is 35.2 Å². The zero-order valence-corrected chi connectivity index (χ0v) is 16.0. The molecule has 1 fully saturated rings. The van der Waals surface area contributed by atoms with Crippen LogP contribution < -0.4 is 4.90 Å². The van der Waals surface area contributed by atoms with Gasteiger partial charge in [0.15, 0.2) is 0 Å². The third-order valence-electron chi connectivity index (χ3n) is 5.73. The van der Waals surface area contributed by atoms with Gasteiger partial charge < -0.3 is 4.90 Å². The number of fused-ring (bicyclic) bond motifs is 3. The molecule has 0 N–H and O–H groups in total. The maximum Gasteiger partial charge on any atom is 0.141 e. The highest BCUT2D eigenvalue weighted by molar-refractivity contribution is 7.19. The molecule has 0 bridgehead atoms. The average Bonchev–Trinajstić information content (AvgIpc) is 3.34. The van der Waals surface area contributed by atoms with Crippen LogP contribution in [0.3, 0.4) is 0 Å². The molecule has 3 aromatic rings. The third-order valence-corrected chi connectivity index (χ3v) is 6.91. The van der Waals surface area contributed by atoms with Gasteiger partial charge in [-0.15, -0.1) is 11.3 Å². The van der Waals surface area contributed by atoms with Gasteiger partial charge in [-0.3, -0.25) is 0 Å². The number of rotatable bonds is 4. The summed E-state index contributed by atoms with van der Waals surface area (Å²) in [5.74, 6) is 2.25. The van der Waals surface area contributed by atoms with E-state index in [0.29, 0.717) is 0 Å². The maximum absolute atomic E-state index is 5.10. The average molecular weight is 364 g/mol. The predicted molar refractivity (Wildman–Crippen MR) is 109 cm³/mol. The highest BCUT2D eigenvalue weighted by atomic mass is 32.1. The Morgan fingerprint density at radius 3 is 2.54 bits per heavy atom. The predicted octanol–water partition coefficient (Wildman–Crippen LogP) is 4.96. The Labute approximate surface area is 159 Å². The standard InChI is InChI=1S/C22H25N3S/c1-2-8-16(9-3-1)12-13-19-23-21(25-14-6-7-15-25)20-17-10-4-5-11-18(17)26-22(20)24-19/h1-3,8-9H,4-7,10-15H2. The molecule has 0 saturated carbocycles. The molecule has 1 saturated heterocycles. The van der Waals surface area contributed by atoms with E-state index in [1.165, 1.54) is 60.1 Å². The lowest BCUT2D eigenvalue weighted by Gasteiger charge is -2.20. The van der Waals surface area contributed by atoms with Crippen LogP contribution in [0.15, 0.2) is 30.3 Å². The molecule has 0 unspecified atom stereocenters. The van der Waals surface area contributed by atoms with Crippen molar-refractivity contribution in [1.82, 2.24) is 9.97 Å². The first-order valence-electron chi connectivity index (χ1n) is 9.98. The number of aromatic nitrogens is 2. The Balaban J connectivity index is 1.54. The minimum Gasteiger partial charge on any atom is -0.356 e. The van der Waals surface area contributed by atoms with Crippen molar-refractivity contribution in [2.45, 2.75) is 51.4 Å². The van der Waals surface area contributed by atoms with Gasteiger partial charge in [0, 0.05) is 24.4 Å². The number of benzene rings is 1. The normalized spacial score (nSPS) is 17.0. The van der Waals surface area contributed by atoms with Crippen LogP contribution in [0.2, 0.25) is 0 Å². The van der Waals surface area contributed by atoms with Gasteiger partial charge in [-0.1, -0.05) is 30.3 Å². The molecular weight excluding hydrogens is 338 g/mol. The Morgan fingerprint density at radius 2 is 1.69 bits per heavy atom. The molecule has 5 rings (SSSR count). The van der Waals surface area contributed by atoms with Crippen LogP contribution in [-0.4, -0.2) is 23.1 Å². The lowest BCUT2D eigenvalue weighted by molar-refractivity contribution is 0.700. The Kier molecular flexibility index (Phi) is 4.37. The van der Waals surface area contributed by atoms with Crippen LogP contribution in [0.5, 0.6) is 0 Å². The van der Waals surface area contributed by atoms with E-state index < -0.39 is 0 Å². The van der Waals surface area contributed by atoms with Crippen molar-refractivity contribution in [2.75, 3.05) is 18.0 Å². The van der Waals surface area contributed by atoms with Crippen LogP contribution in [0.1, 0.15) is 47.5 Å². The van der Waals surface area contributed by atoms with Gasteiger partial charge in [0.25, 0.3) is 0 Å². The van der Waals surface area contributed by atoms with E-state index in [9.17, 15) is 0 Å². The summed E-state index contributed by atoms with van der Waals surface area (Å²) >= 11 is 1.93. The first-order valence-corrected chi connectivity index (χ1v) is 10.8. The molecule has 0 radical (unpaired) electrons. The molecule has 3 heterocycles. The van der Waals surface area contributed by atoms with Crippen LogP contribution in [0, 0.1) is 0 Å². The summed E-state index contributed by atoms with van der Waals surface area (Å²) in [5.41, 5.74) is 2.93. The Morgan fingerprint density at radius 1 is 0.885 bits per heavy atom. The van der Waals surface area contributed by atoms with E-state index in [0.717, 1.165) is 31.8 Å². The number of thiophene rings is 1. The van der Waals surface area contributed by atoms with Crippen molar-refractivity contribution in [3.8, 4) is 0 Å². The van der Waals surface area contributed by atoms with Gasteiger partial charge in [-0.05, 0) is 56.1 Å². The fourth-order valence-corrected chi connectivity index (χ4v) is 5.63. The second-order valence-corrected chi connectivity index (χ2v) is 8.62. The molecule has 1 aliphatic heterocycles. The molecule has 0 amide bonds. The lowest BCUT2D eigenvalue weighted by Crippen LogP contribution is -2.20. The molecule has 2 aromatic heterocycles. The molecular formula is C22H25N3S. The number of anilines is 1. The van der Waals surface area contributed by atoms with Crippen molar-refractivity contribution in [3.05, 3.63) is 52.2 Å². The van der Waals surface area contributed by atoms with E-state index >= 15 is 0 Å². The van der Waals surface area contributed by atoms with Crippen molar-refractivity contribution in [1.29, 1.82) is 0 Å². The van der Waals surface area contributed by atoms with Gasteiger partial charge in [0.1, 0.15) is 16.5 Å². The molecule has 0 atom stereocenters. The highest BCUT2D eigenvalue weighted by Crippen LogP contribution is 2.40. The highest BCUT2D eigenvalue weighted by Gasteiger charge is 2.25. The molecule has 1 aliphatic carbocycles. The molecule has 0 spiro atoms. The fraction of sp³-hybridized carbons (Fsp3) is 0.455. The van der Waals surface area contributed by atoms with Gasteiger partial charge >= 0.3 is 0 Å². The second kappa shape index (κ2) is 6.99.